The maximum absolute atomic E-state index is 12.7. The van der Waals surface area contributed by atoms with Crippen molar-refractivity contribution in [2.75, 3.05) is 18.4 Å². The molecule has 2 N–H and O–H groups in total. The van der Waals surface area contributed by atoms with E-state index in [-0.39, 0.29) is 17.6 Å². The third-order valence-corrected chi connectivity index (χ3v) is 4.96. The Kier molecular flexibility index (Phi) is 4.51. The average Bonchev–Trinajstić information content (AvgIpc) is 3.10. The van der Waals surface area contributed by atoms with Crippen molar-refractivity contribution in [3.8, 4) is 11.5 Å². The summed E-state index contributed by atoms with van der Waals surface area (Å²) in [6.07, 6.45) is 1.68. The molecule has 0 radical (unpaired) electrons. The van der Waals surface area contributed by atoms with E-state index in [1.807, 2.05) is 18.7 Å². The molecular weight excluding hydrogens is 362 g/mol. The van der Waals surface area contributed by atoms with E-state index >= 15 is 0 Å². The number of aliphatic hydroxyl groups excluding tert-OH is 1. The molecule has 0 bridgehead atoms. The van der Waals surface area contributed by atoms with Gasteiger partial charge in [0.2, 0.25) is 0 Å². The Labute approximate surface area is 163 Å². The Hall–Kier alpha value is -2.65. The molecule has 3 heterocycles. The standard InChI is InChI=1S/C19H25N5O4/c1-11(25)24-9-13(10-24)27-15-5-12(6-16-14(15)7-19(2,3)28-16)18(26)21-17-8-20-23(4)22-17/h5-6,8,11,13,25H,7,9-10H2,1-4H3,(H,21,22,26). The van der Waals surface area contributed by atoms with Gasteiger partial charge in [-0.3, -0.25) is 9.69 Å². The summed E-state index contributed by atoms with van der Waals surface area (Å²) in [5.74, 6) is 1.39. The molecular formula is C19H25N5O4. The Balaban J connectivity index is 1.57. The fourth-order valence-corrected chi connectivity index (χ4v) is 3.50. The molecule has 28 heavy (non-hydrogen) atoms. The van der Waals surface area contributed by atoms with E-state index in [9.17, 15) is 9.90 Å². The van der Waals surface area contributed by atoms with Gasteiger partial charge < -0.3 is 19.9 Å². The van der Waals surface area contributed by atoms with Crippen molar-refractivity contribution >= 4 is 11.7 Å². The molecule has 2 aromatic rings. The molecule has 9 nitrogen and oxygen atoms in total. The van der Waals surface area contributed by atoms with Gasteiger partial charge in [0.05, 0.1) is 6.20 Å². The number of hydrogen-bond acceptors (Lipinski definition) is 7. The van der Waals surface area contributed by atoms with Crippen LogP contribution in [0.5, 0.6) is 11.5 Å². The molecule has 0 aliphatic carbocycles. The minimum atomic E-state index is -0.489. The summed E-state index contributed by atoms with van der Waals surface area (Å²) in [6.45, 7) is 7.05. The predicted octanol–water partition coefficient (Wildman–Crippen LogP) is 1.18. The SMILES string of the molecule is CC(O)N1CC(Oc2cc(C(=O)Nc3cnn(C)n3)cc3c2CC(C)(C)O3)C1. The van der Waals surface area contributed by atoms with Gasteiger partial charge in [-0.2, -0.15) is 9.90 Å². The number of aromatic nitrogens is 3. The number of aryl methyl sites for hydroxylation is 1. The van der Waals surface area contributed by atoms with Crippen LogP contribution in [0.1, 0.15) is 36.7 Å². The zero-order valence-electron chi connectivity index (χ0n) is 16.5. The quantitative estimate of drug-likeness (QED) is 0.794. The van der Waals surface area contributed by atoms with Gasteiger partial charge in [0.25, 0.3) is 5.91 Å². The molecule has 1 aromatic heterocycles. The van der Waals surface area contributed by atoms with Crippen LogP contribution in [0.2, 0.25) is 0 Å². The zero-order valence-corrected chi connectivity index (χ0v) is 16.5. The van der Waals surface area contributed by atoms with Crippen LogP contribution >= 0.6 is 0 Å². The number of nitrogens with zero attached hydrogens (tertiary/aromatic N) is 4. The van der Waals surface area contributed by atoms with Crippen LogP contribution in [0, 0.1) is 0 Å². The van der Waals surface area contributed by atoms with Gasteiger partial charge in [0.15, 0.2) is 5.82 Å². The van der Waals surface area contributed by atoms with Crippen molar-refractivity contribution in [3.63, 3.8) is 0 Å². The molecule has 1 saturated heterocycles. The number of ether oxygens (including phenoxy) is 2. The summed E-state index contributed by atoms with van der Waals surface area (Å²) in [6, 6.07) is 3.49. The van der Waals surface area contributed by atoms with Crippen molar-refractivity contribution in [2.24, 2.45) is 7.05 Å². The largest absolute Gasteiger partial charge is 0.487 e. The second kappa shape index (κ2) is 6.75. The smallest absolute Gasteiger partial charge is 0.257 e. The molecule has 1 aromatic carbocycles. The van der Waals surface area contributed by atoms with Gasteiger partial charge in [-0.25, -0.2) is 0 Å². The maximum atomic E-state index is 12.7. The summed E-state index contributed by atoms with van der Waals surface area (Å²) < 4.78 is 12.2. The van der Waals surface area contributed by atoms with Crippen LogP contribution in [0.25, 0.3) is 0 Å². The molecule has 9 heteroatoms. The van der Waals surface area contributed by atoms with E-state index in [4.69, 9.17) is 9.47 Å². The van der Waals surface area contributed by atoms with E-state index in [1.54, 1.807) is 26.1 Å². The third kappa shape index (κ3) is 3.67. The summed E-state index contributed by atoms with van der Waals surface area (Å²) in [7, 11) is 1.68. The second-order valence-corrected chi connectivity index (χ2v) is 7.99. The number of benzene rings is 1. The first kappa shape index (κ1) is 18.7. The summed E-state index contributed by atoms with van der Waals surface area (Å²) in [5, 5.41) is 20.4. The van der Waals surface area contributed by atoms with Gasteiger partial charge in [-0.05, 0) is 32.9 Å². The van der Waals surface area contributed by atoms with Gasteiger partial charge in [-0.15, -0.1) is 5.10 Å². The van der Waals surface area contributed by atoms with Crippen LogP contribution in [-0.2, 0) is 13.5 Å². The third-order valence-electron chi connectivity index (χ3n) is 4.96. The number of carbonyl (C=O) groups excluding carboxylic acids is 1. The first-order chi connectivity index (χ1) is 13.2. The number of likely N-dealkylation sites (tertiary alicyclic amines) is 1. The number of amides is 1. The van der Waals surface area contributed by atoms with Crippen LogP contribution in [0.3, 0.4) is 0 Å². The van der Waals surface area contributed by atoms with Crippen LogP contribution < -0.4 is 14.8 Å². The highest BCUT2D eigenvalue weighted by atomic mass is 16.5. The molecule has 4 rings (SSSR count). The number of aliphatic hydroxyl groups is 1. The van der Waals surface area contributed by atoms with E-state index < -0.39 is 6.23 Å². The van der Waals surface area contributed by atoms with E-state index in [0.29, 0.717) is 42.4 Å². The lowest BCUT2D eigenvalue weighted by Crippen LogP contribution is -2.57. The van der Waals surface area contributed by atoms with Gasteiger partial charge in [0.1, 0.15) is 29.4 Å². The van der Waals surface area contributed by atoms with Crippen molar-refractivity contribution in [1.29, 1.82) is 0 Å². The van der Waals surface area contributed by atoms with Gasteiger partial charge in [0, 0.05) is 37.7 Å². The number of rotatable bonds is 5. The van der Waals surface area contributed by atoms with Crippen LogP contribution in [0.15, 0.2) is 18.3 Å². The lowest BCUT2D eigenvalue weighted by Gasteiger charge is -2.40. The fourth-order valence-electron chi connectivity index (χ4n) is 3.50. The molecule has 0 saturated carbocycles. The number of nitrogens with one attached hydrogen (secondary N) is 1. The Morgan fingerprint density at radius 2 is 2.18 bits per heavy atom. The molecule has 1 amide bonds. The summed E-state index contributed by atoms with van der Waals surface area (Å²) in [4.78, 5) is 16.0. The predicted molar refractivity (Wildman–Crippen MR) is 101 cm³/mol. The van der Waals surface area contributed by atoms with E-state index in [1.165, 1.54) is 11.0 Å². The Morgan fingerprint density at radius 3 is 2.82 bits per heavy atom. The molecule has 2 aliphatic heterocycles. The topological polar surface area (TPSA) is 102 Å². The maximum Gasteiger partial charge on any atom is 0.257 e. The van der Waals surface area contributed by atoms with E-state index in [2.05, 4.69) is 15.5 Å². The second-order valence-electron chi connectivity index (χ2n) is 7.99. The highest BCUT2D eigenvalue weighted by molar-refractivity contribution is 6.04. The van der Waals surface area contributed by atoms with Gasteiger partial charge in [-0.1, -0.05) is 0 Å². The molecule has 2 aliphatic rings. The molecule has 150 valence electrons. The first-order valence-corrected chi connectivity index (χ1v) is 9.32. The van der Waals surface area contributed by atoms with Crippen molar-refractivity contribution in [1.82, 2.24) is 19.9 Å². The van der Waals surface area contributed by atoms with Crippen LogP contribution in [-0.4, -0.2) is 61.9 Å². The van der Waals surface area contributed by atoms with Crippen molar-refractivity contribution in [2.45, 2.75) is 45.1 Å². The van der Waals surface area contributed by atoms with Crippen LogP contribution in [0.4, 0.5) is 5.82 Å². The Morgan fingerprint density at radius 1 is 1.43 bits per heavy atom. The summed E-state index contributed by atoms with van der Waals surface area (Å²) in [5.41, 5.74) is 1.05. The average molecular weight is 387 g/mol. The van der Waals surface area contributed by atoms with E-state index in [0.717, 1.165) is 5.56 Å². The number of carbonyl (C=O) groups is 1. The highest BCUT2D eigenvalue weighted by Crippen LogP contribution is 2.42. The van der Waals surface area contributed by atoms with Crippen molar-refractivity contribution < 1.29 is 19.4 Å². The lowest BCUT2D eigenvalue weighted by molar-refractivity contribution is -0.0807. The molecule has 1 atom stereocenters. The fraction of sp³-hybridized carbons (Fsp3) is 0.526. The van der Waals surface area contributed by atoms with Crippen molar-refractivity contribution in [3.05, 3.63) is 29.5 Å². The highest BCUT2D eigenvalue weighted by Gasteiger charge is 2.36. The summed E-state index contributed by atoms with van der Waals surface area (Å²) >= 11 is 0. The minimum Gasteiger partial charge on any atom is -0.487 e. The number of hydrogen-bond donors (Lipinski definition) is 2. The lowest BCUT2D eigenvalue weighted by atomic mass is 9.99. The Bertz CT molecular complexity index is 902. The minimum absolute atomic E-state index is 0.0271. The van der Waals surface area contributed by atoms with Gasteiger partial charge >= 0.3 is 0 Å². The number of anilines is 1. The normalized spacial score (nSPS) is 19.5. The molecule has 1 fully saturated rings. The monoisotopic (exact) mass is 387 g/mol. The number of fused-ring (bicyclic) bond motifs is 1. The zero-order chi connectivity index (χ0) is 20.1. The first-order valence-electron chi connectivity index (χ1n) is 9.32. The molecule has 0 spiro atoms. The molecule has 1 unspecified atom stereocenters.